The molecule has 4 fully saturated rings. The third-order valence-corrected chi connectivity index (χ3v) is 6.78. The Kier molecular flexibility index (Phi) is 3.26. The molecular weight excluding hydrogens is 344 g/mol. The summed E-state index contributed by atoms with van der Waals surface area (Å²) >= 11 is 4.04. The Bertz CT molecular complexity index is 587. The van der Waals surface area contributed by atoms with Gasteiger partial charge in [-0.05, 0) is 67.9 Å². The Balaban J connectivity index is 1.46. The van der Waals surface area contributed by atoms with Crippen LogP contribution in [0, 0.1) is 27.4 Å². The number of hydrogen-bond donors (Lipinski definition) is 1. The number of alkyl halides is 1. The largest absolute Gasteiger partial charge is 0.384 e. The average molecular weight is 365 g/mol. The fourth-order valence-electron chi connectivity index (χ4n) is 5.53. The van der Waals surface area contributed by atoms with E-state index in [-0.39, 0.29) is 10.6 Å². The van der Waals surface area contributed by atoms with Crippen LogP contribution in [-0.4, -0.2) is 15.8 Å². The van der Waals surface area contributed by atoms with Crippen LogP contribution in [-0.2, 0) is 0 Å². The topological polar surface area (TPSA) is 55.2 Å². The Hall–Kier alpha value is -1.10. The van der Waals surface area contributed by atoms with Crippen LogP contribution in [0.15, 0.2) is 24.3 Å². The monoisotopic (exact) mass is 364 g/mol. The van der Waals surface area contributed by atoms with Crippen LogP contribution in [0.3, 0.4) is 0 Å². The Morgan fingerprint density at radius 3 is 2.36 bits per heavy atom. The second-order valence-electron chi connectivity index (χ2n) is 7.77. The van der Waals surface area contributed by atoms with Crippen LogP contribution in [0.1, 0.15) is 38.5 Å². The number of rotatable bonds is 4. The fourth-order valence-corrected chi connectivity index (χ4v) is 7.04. The molecule has 1 aromatic rings. The minimum absolute atomic E-state index is 0.153. The molecule has 5 rings (SSSR count). The summed E-state index contributed by atoms with van der Waals surface area (Å²) in [6.07, 6.45) is 8.08. The van der Waals surface area contributed by atoms with Crippen molar-refractivity contribution in [3.05, 3.63) is 34.4 Å². The minimum Gasteiger partial charge on any atom is -0.384 e. The van der Waals surface area contributed by atoms with Crippen molar-refractivity contribution in [3.8, 4) is 0 Å². The van der Waals surface area contributed by atoms with Crippen molar-refractivity contribution >= 4 is 27.3 Å². The van der Waals surface area contributed by atoms with E-state index in [0.717, 1.165) is 24.1 Å². The molecule has 2 atom stereocenters. The molecule has 0 radical (unpaired) electrons. The highest BCUT2D eigenvalue weighted by Gasteiger charge is 2.56. The molecule has 2 unspecified atom stereocenters. The molecule has 0 aromatic heterocycles. The zero-order valence-electron chi connectivity index (χ0n) is 12.6. The van der Waals surface area contributed by atoms with Crippen LogP contribution in [0.5, 0.6) is 0 Å². The number of anilines is 1. The first-order valence-electron chi connectivity index (χ1n) is 8.13. The molecule has 4 nitrogen and oxygen atoms in total. The summed E-state index contributed by atoms with van der Waals surface area (Å²) in [6.45, 7) is 0.991. The van der Waals surface area contributed by atoms with Gasteiger partial charge in [0.1, 0.15) is 0 Å². The number of benzene rings is 1. The van der Waals surface area contributed by atoms with Gasteiger partial charge in [-0.25, -0.2) is 0 Å². The molecule has 4 bridgehead atoms. The molecular formula is C17H21BrN2O2. The molecule has 0 aliphatic heterocycles. The third kappa shape index (κ3) is 2.53. The van der Waals surface area contributed by atoms with E-state index in [2.05, 4.69) is 21.2 Å². The van der Waals surface area contributed by atoms with Gasteiger partial charge in [0.05, 0.1) is 4.92 Å². The molecule has 1 aromatic carbocycles. The summed E-state index contributed by atoms with van der Waals surface area (Å²) in [7, 11) is 0. The zero-order chi connectivity index (χ0) is 15.4. The van der Waals surface area contributed by atoms with E-state index >= 15 is 0 Å². The smallest absolute Gasteiger partial charge is 0.269 e. The molecule has 4 aliphatic rings. The van der Waals surface area contributed by atoms with Crippen LogP contribution in [0.25, 0.3) is 0 Å². The maximum atomic E-state index is 10.7. The van der Waals surface area contributed by atoms with E-state index in [1.807, 2.05) is 12.1 Å². The summed E-state index contributed by atoms with van der Waals surface area (Å²) in [5.41, 5.74) is 1.56. The van der Waals surface area contributed by atoms with Crippen molar-refractivity contribution in [1.82, 2.24) is 0 Å². The summed E-state index contributed by atoms with van der Waals surface area (Å²) in [5, 5.41) is 14.3. The first-order chi connectivity index (χ1) is 10.5. The summed E-state index contributed by atoms with van der Waals surface area (Å²) in [4.78, 5) is 10.4. The highest BCUT2D eigenvalue weighted by molar-refractivity contribution is 9.10. The number of halogens is 1. The van der Waals surface area contributed by atoms with E-state index in [1.54, 1.807) is 12.1 Å². The Morgan fingerprint density at radius 2 is 1.82 bits per heavy atom. The van der Waals surface area contributed by atoms with Gasteiger partial charge in [-0.15, -0.1) is 0 Å². The van der Waals surface area contributed by atoms with Crippen molar-refractivity contribution < 1.29 is 4.92 Å². The van der Waals surface area contributed by atoms with E-state index in [9.17, 15) is 10.1 Å². The number of hydrogen-bond acceptors (Lipinski definition) is 3. The van der Waals surface area contributed by atoms with Gasteiger partial charge in [-0.3, -0.25) is 10.1 Å². The van der Waals surface area contributed by atoms with Gasteiger partial charge in [0.2, 0.25) is 0 Å². The lowest BCUT2D eigenvalue weighted by Crippen LogP contribution is -2.55. The quantitative estimate of drug-likeness (QED) is 0.476. The summed E-state index contributed by atoms with van der Waals surface area (Å²) in [6, 6.07) is 6.80. The molecule has 0 saturated heterocycles. The number of nitro groups is 1. The van der Waals surface area contributed by atoms with Crippen molar-refractivity contribution in [3.63, 3.8) is 0 Å². The van der Waals surface area contributed by atoms with Crippen LogP contribution < -0.4 is 5.32 Å². The lowest BCUT2D eigenvalue weighted by molar-refractivity contribution is -0.384. The Labute approximate surface area is 138 Å². The number of nitrogens with zero attached hydrogens (tertiary/aromatic N) is 1. The van der Waals surface area contributed by atoms with E-state index in [1.165, 1.54) is 38.5 Å². The number of nitro benzene ring substituents is 1. The molecule has 4 aliphatic carbocycles. The average Bonchev–Trinajstić information content (AvgIpc) is 2.43. The van der Waals surface area contributed by atoms with Crippen molar-refractivity contribution in [2.24, 2.45) is 17.3 Å². The molecule has 22 heavy (non-hydrogen) atoms. The Morgan fingerprint density at radius 1 is 1.18 bits per heavy atom. The second-order valence-corrected chi connectivity index (χ2v) is 9.45. The first kappa shape index (κ1) is 14.5. The van der Waals surface area contributed by atoms with Gasteiger partial charge in [0.25, 0.3) is 5.69 Å². The van der Waals surface area contributed by atoms with Crippen LogP contribution >= 0.6 is 15.9 Å². The van der Waals surface area contributed by atoms with Crippen molar-refractivity contribution in [2.75, 3.05) is 11.9 Å². The first-order valence-corrected chi connectivity index (χ1v) is 8.92. The highest BCUT2D eigenvalue weighted by atomic mass is 79.9. The molecule has 0 heterocycles. The maximum Gasteiger partial charge on any atom is 0.269 e. The van der Waals surface area contributed by atoms with E-state index in [4.69, 9.17) is 0 Å². The summed E-state index contributed by atoms with van der Waals surface area (Å²) in [5.74, 6) is 1.78. The molecule has 0 spiro atoms. The SMILES string of the molecule is O=[N+]([O-])c1ccc(NCC23CC4CC(CC(Br)(C4)C2)C3)cc1. The number of non-ortho nitro benzene ring substituents is 1. The summed E-state index contributed by atoms with van der Waals surface area (Å²) < 4.78 is 0.383. The highest BCUT2D eigenvalue weighted by Crippen LogP contribution is 2.64. The zero-order valence-corrected chi connectivity index (χ0v) is 14.1. The predicted octanol–water partition coefficient (Wildman–Crippen LogP) is 4.74. The van der Waals surface area contributed by atoms with Gasteiger partial charge in [0.15, 0.2) is 0 Å². The normalized spacial score (nSPS) is 39.0. The minimum atomic E-state index is -0.350. The lowest BCUT2D eigenvalue weighted by Gasteiger charge is -2.60. The van der Waals surface area contributed by atoms with Gasteiger partial charge in [0, 0.05) is 28.7 Å². The molecule has 5 heteroatoms. The molecule has 0 amide bonds. The van der Waals surface area contributed by atoms with E-state index in [0.29, 0.717) is 9.74 Å². The van der Waals surface area contributed by atoms with E-state index < -0.39 is 0 Å². The van der Waals surface area contributed by atoms with Crippen molar-refractivity contribution in [1.29, 1.82) is 0 Å². The van der Waals surface area contributed by atoms with Gasteiger partial charge < -0.3 is 5.32 Å². The van der Waals surface area contributed by atoms with Gasteiger partial charge in [-0.1, -0.05) is 15.9 Å². The lowest BCUT2D eigenvalue weighted by atomic mass is 9.49. The molecule has 118 valence electrons. The third-order valence-electron chi connectivity index (χ3n) is 5.86. The molecule has 1 N–H and O–H groups in total. The predicted molar refractivity (Wildman–Crippen MR) is 90.4 cm³/mol. The number of nitrogens with one attached hydrogen (secondary N) is 1. The fraction of sp³-hybridized carbons (Fsp3) is 0.647. The molecule has 4 saturated carbocycles. The van der Waals surface area contributed by atoms with Crippen molar-refractivity contribution in [2.45, 2.75) is 42.8 Å². The second kappa shape index (κ2) is 4.95. The maximum absolute atomic E-state index is 10.7. The van der Waals surface area contributed by atoms with Crippen LogP contribution in [0.4, 0.5) is 11.4 Å². The van der Waals surface area contributed by atoms with Crippen LogP contribution in [0.2, 0.25) is 0 Å². The van der Waals surface area contributed by atoms with Gasteiger partial charge in [-0.2, -0.15) is 0 Å². The van der Waals surface area contributed by atoms with Gasteiger partial charge >= 0.3 is 0 Å². The standard InChI is InChI=1S/C17H21BrN2O2/c18-17-8-12-5-13(9-17)7-16(6-12,10-17)11-19-14-1-3-15(4-2-14)20(21)22/h1-4,12-13,19H,5-11H2.